The number of H-pyrrole nitrogens is 1. The van der Waals surface area contributed by atoms with Gasteiger partial charge in [0.2, 0.25) is 11.7 Å². The number of pyridine rings is 1. The van der Waals surface area contributed by atoms with Crippen LogP contribution in [0.5, 0.6) is 0 Å². The molecule has 0 bridgehead atoms. The molecule has 4 N–H and O–H groups in total. The molecule has 3 aromatic heterocycles. The minimum Gasteiger partial charge on any atom is -0.339 e. The number of aryl methyl sites for hydroxylation is 1. The van der Waals surface area contributed by atoms with Crippen LogP contribution in [-0.4, -0.2) is 37.3 Å². The van der Waals surface area contributed by atoms with Gasteiger partial charge in [0.25, 0.3) is 5.91 Å². The van der Waals surface area contributed by atoms with Crippen LogP contribution in [0, 0.1) is 18.6 Å². The van der Waals surface area contributed by atoms with Crippen molar-refractivity contribution in [2.24, 2.45) is 0 Å². The number of aromatic nitrogens is 5. The van der Waals surface area contributed by atoms with E-state index in [4.69, 9.17) is 16.1 Å². The third kappa shape index (κ3) is 4.99. The number of halogens is 3. The molecule has 0 saturated heterocycles. The van der Waals surface area contributed by atoms with E-state index in [1.54, 1.807) is 6.92 Å². The summed E-state index contributed by atoms with van der Waals surface area (Å²) in [5.74, 6) is -1.89. The molecule has 0 aliphatic rings. The molecule has 0 unspecified atom stereocenters. The van der Waals surface area contributed by atoms with E-state index in [2.05, 4.69) is 41.5 Å². The van der Waals surface area contributed by atoms with Gasteiger partial charge in [0.05, 0.1) is 29.6 Å². The van der Waals surface area contributed by atoms with Crippen molar-refractivity contribution < 1.29 is 22.9 Å². The highest BCUT2D eigenvalue weighted by molar-refractivity contribution is 6.31. The summed E-state index contributed by atoms with van der Waals surface area (Å²) in [5, 5.41) is 12.2. The van der Waals surface area contributed by atoms with Gasteiger partial charge in [-0.1, -0.05) is 16.8 Å². The van der Waals surface area contributed by atoms with Crippen molar-refractivity contribution in [2.75, 3.05) is 0 Å². The Kier molecular flexibility index (Phi) is 6.45. The number of hydrogen-bond acceptors (Lipinski definition) is 7. The van der Waals surface area contributed by atoms with Gasteiger partial charge in [-0.2, -0.15) is 10.1 Å². The van der Waals surface area contributed by atoms with E-state index in [1.807, 2.05) is 0 Å². The number of hydrogen-bond donors (Lipinski definition) is 4. The number of benzene rings is 1. The maximum atomic E-state index is 14.7. The van der Waals surface area contributed by atoms with Crippen LogP contribution in [-0.2, 0) is 6.54 Å². The Balaban J connectivity index is 1.48. The number of hydrazine groups is 1. The normalized spacial score (nSPS) is 10.7. The Bertz CT molecular complexity index is 1360. The molecule has 34 heavy (non-hydrogen) atoms. The number of amides is 3. The highest BCUT2D eigenvalue weighted by atomic mass is 35.5. The summed E-state index contributed by atoms with van der Waals surface area (Å²) < 4.78 is 34.3. The molecule has 0 aliphatic heterocycles. The topological polar surface area (TPSA) is 151 Å². The third-order valence-corrected chi connectivity index (χ3v) is 4.72. The predicted molar refractivity (Wildman–Crippen MR) is 114 cm³/mol. The van der Waals surface area contributed by atoms with E-state index in [-0.39, 0.29) is 51.2 Å². The minimum atomic E-state index is -0.797. The zero-order valence-electron chi connectivity index (χ0n) is 17.3. The first kappa shape index (κ1) is 22.8. The average Bonchev–Trinajstić information content (AvgIpc) is 3.48. The van der Waals surface area contributed by atoms with Gasteiger partial charge in [0.1, 0.15) is 11.6 Å². The van der Waals surface area contributed by atoms with Gasteiger partial charge in [0, 0.05) is 29.9 Å². The average molecular weight is 489 g/mol. The van der Waals surface area contributed by atoms with Crippen molar-refractivity contribution in [3.05, 3.63) is 70.6 Å². The lowest BCUT2D eigenvalue weighted by Crippen LogP contribution is -2.46. The molecule has 0 fully saturated rings. The summed E-state index contributed by atoms with van der Waals surface area (Å²) in [6.07, 6.45) is 3.90. The zero-order chi connectivity index (χ0) is 24.2. The smallest absolute Gasteiger partial charge is 0.333 e. The Morgan fingerprint density at radius 1 is 1.15 bits per heavy atom. The molecular weight excluding hydrogens is 474 g/mol. The Morgan fingerprint density at radius 2 is 1.97 bits per heavy atom. The number of carbonyl (C=O) groups excluding carboxylic acids is 2. The number of rotatable bonds is 5. The molecule has 0 atom stereocenters. The van der Waals surface area contributed by atoms with Crippen LogP contribution in [0.4, 0.5) is 13.6 Å². The van der Waals surface area contributed by atoms with Crippen LogP contribution in [0.25, 0.3) is 22.5 Å². The first-order chi connectivity index (χ1) is 16.3. The molecule has 1 aromatic carbocycles. The van der Waals surface area contributed by atoms with E-state index >= 15 is 0 Å². The molecule has 3 heterocycles. The lowest BCUT2D eigenvalue weighted by atomic mass is 9.99. The first-order valence-electron chi connectivity index (χ1n) is 9.59. The lowest BCUT2D eigenvalue weighted by Gasteiger charge is -2.11. The summed E-state index contributed by atoms with van der Waals surface area (Å²) >= 11 is 6.00. The lowest BCUT2D eigenvalue weighted by molar-refractivity contribution is 0.0936. The maximum Gasteiger partial charge on any atom is 0.333 e. The number of nitrogens with one attached hydrogen (secondary N) is 4. The number of nitrogens with zero attached hydrogens (tertiary/aromatic N) is 4. The Labute approximate surface area is 194 Å². The molecule has 0 saturated carbocycles. The SMILES string of the molecule is Cc1nc(-c2c(F)cc(Cl)cc2-c2cnc(CNC(=O)NNC(=O)c3cn[nH]c3)c(F)c2)no1. The van der Waals surface area contributed by atoms with Crippen molar-refractivity contribution in [2.45, 2.75) is 13.5 Å². The molecule has 4 aromatic rings. The Morgan fingerprint density at radius 3 is 2.65 bits per heavy atom. The van der Waals surface area contributed by atoms with Crippen LogP contribution in [0.15, 0.2) is 41.3 Å². The van der Waals surface area contributed by atoms with Gasteiger partial charge < -0.3 is 9.84 Å². The molecule has 4 rings (SSSR count). The summed E-state index contributed by atoms with van der Waals surface area (Å²) in [6, 6.07) is 2.83. The summed E-state index contributed by atoms with van der Waals surface area (Å²) in [6.45, 7) is 1.26. The van der Waals surface area contributed by atoms with Crippen molar-refractivity contribution in [3.8, 4) is 22.5 Å². The van der Waals surface area contributed by atoms with Crippen LogP contribution in [0.2, 0.25) is 5.02 Å². The Hall–Kier alpha value is -4.39. The van der Waals surface area contributed by atoms with Gasteiger partial charge in [0.15, 0.2) is 0 Å². The second-order valence-corrected chi connectivity index (χ2v) is 7.28. The molecule has 0 radical (unpaired) electrons. The fourth-order valence-corrected chi connectivity index (χ4v) is 3.15. The second-order valence-electron chi connectivity index (χ2n) is 6.85. The van der Waals surface area contributed by atoms with Crippen LogP contribution in [0.3, 0.4) is 0 Å². The maximum absolute atomic E-state index is 14.7. The molecule has 3 amide bonds. The second kappa shape index (κ2) is 9.62. The van der Waals surface area contributed by atoms with E-state index in [9.17, 15) is 18.4 Å². The molecule has 11 nitrogen and oxygen atoms in total. The van der Waals surface area contributed by atoms with Crippen LogP contribution in [0.1, 0.15) is 21.9 Å². The largest absolute Gasteiger partial charge is 0.339 e. The van der Waals surface area contributed by atoms with Crippen LogP contribution < -0.4 is 16.2 Å². The predicted octanol–water partition coefficient (Wildman–Crippen LogP) is 2.91. The highest BCUT2D eigenvalue weighted by Crippen LogP contribution is 2.35. The van der Waals surface area contributed by atoms with E-state index in [0.717, 1.165) is 12.1 Å². The van der Waals surface area contributed by atoms with E-state index < -0.39 is 23.6 Å². The molecule has 0 spiro atoms. The van der Waals surface area contributed by atoms with Crippen molar-refractivity contribution >= 4 is 23.5 Å². The van der Waals surface area contributed by atoms with E-state index in [0.29, 0.717) is 0 Å². The fourth-order valence-electron chi connectivity index (χ4n) is 2.94. The molecule has 14 heteroatoms. The number of urea groups is 1. The summed E-state index contributed by atoms with van der Waals surface area (Å²) in [5.41, 5.74) is 4.77. The van der Waals surface area contributed by atoms with Crippen LogP contribution >= 0.6 is 11.6 Å². The summed E-state index contributed by atoms with van der Waals surface area (Å²) in [7, 11) is 0. The van der Waals surface area contributed by atoms with Gasteiger partial charge >= 0.3 is 6.03 Å². The molecule has 0 aliphatic carbocycles. The van der Waals surface area contributed by atoms with Gasteiger partial charge in [-0.3, -0.25) is 20.3 Å². The number of aromatic amines is 1. The monoisotopic (exact) mass is 488 g/mol. The fraction of sp³-hybridized carbons (Fsp3) is 0.100. The highest BCUT2D eigenvalue weighted by Gasteiger charge is 2.20. The quantitative estimate of drug-likeness (QED) is 0.315. The van der Waals surface area contributed by atoms with Gasteiger partial charge in [-0.15, -0.1) is 0 Å². The number of carbonyl (C=O) groups is 2. The first-order valence-corrected chi connectivity index (χ1v) is 9.97. The summed E-state index contributed by atoms with van der Waals surface area (Å²) in [4.78, 5) is 31.7. The standard InChI is InChI=1S/C20H15ClF2N8O3/c1-9-28-18(31-34-9)17-13(3-12(21)4-15(17)23)10-2-14(22)16(24-5-10)8-25-20(33)30-29-19(32)11-6-26-27-7-11/h2-7H,8H2,1H3,(H,26,27)(H,29,32)(H2,25,30,33). The zero-order valence-corrected chi connectivity index (χ0v) is 18.1. The van der Waals surface area contributed by atoms with E-state index in [1.165, 1.54) is 24.7 Å². The third-order valence-electron chi connectivity index (χ3n) is 4.50. The molecule has 174 valence electrons. The van der Waals surface area contributed by atoms with Crippen molar-refractivity contribution in [3.63, 3.8) is 0 Å². The molecular formula is C20H15ClF2N8O3. The minimum absolute atomic E-state index is 0.0260. The van der Waals surface area contributed by atoms with Crippen molar-refractivity contribution in [1.29, 1.82) is 0 Å². The van der Waals surface area contributed by atoms with Gasteiger partial charge in [-0.05, 0) is 23.8 Å². The van der Waals surface area contributed by atoms with Crippen molar-refractivity contribution in [1.82, 2.24) is 41.5 Å². The van der Waals surface area contributed by atoms with Gasteiger partial charge in [-0.25, -0.2) is 19.0 Å².